The molecule has 3 heterocycles. The first kappa shape index (κ1) is 39.8. The number of hydrazine groups is 1. The zero-order valence-electron chi connectivity index (χ0n) is 33.0. The third-order valence-corrected chi connectivity index (χ3v) is 13.7. The van der Waals surface area contributed by atoms with Crippen LogP contribution in [0, 0.1) is 23.7 Å². The van der Waals surface area contributed by atoms with Crippen molar-refractivity contribution in [3.63, 3.8) is 0 Å². The van der Waals surface area contributed by atoms with Crippen molar-refractivity contribution in [3.8, 4) is 28.7 Å². The van der Waals surface area contributed by atoms with Crippen LogP contribution in [0.5, 0.6) is 17.2 Å². The predicted octanol–water partition coefficient (Wildman–Crippen LogP) is 9.37. The minimum absolute atomic E-state index is 0.0408. The number of anilines is 2. The summed E-state index contributed by atoms with van der Waals surface area (Å²) in [6.07, 6.45) is 2.16. The van der Waals surface area contributed by atoms with Crippen LogP contribution in [0.4, 0.5) is 11.4 Å². The molecule has 1 aromatic heterocycles. The summed E-state index contributed by atoms with van der Waals surface area (Å²) in [4.78, 5) is 65.9. The lowest BCUT2D eigenvalue weighted by Gasteiger charge is -2.50. The number of phenols is 1. The zero-order chi connectivity index (χ0) is 43.2. The van der Waals surface area contributed by atoms with Gasteiger partial charge >= 0.3 is 0 Å². The second kappa shape index (κ2) is 14.9. The van der Waals surface area contributed by atoms with Crippen molar-refractivity contribution < 1.29 is 38.2 Å². The summed E-state index contributed by atoms with van der Waals surface area (Å²) in [5, 5.41) is 12.4. The van der Waals surface area contributed by atoms with Gasteiger partial charge in [-0.1, -0.05) is 70.7 Å². The molecule has 3 fully saturated rings. The number of nitrogens with zero attached hydrogens (tertiary/aromatic N) is 3. The fraction of sp³-hybridized carbons (Fsp3) is 0.213. The van der Waals surface area contributed by atoms with Gasteiger partial charge in [0.1, 0.15) is 11.3 Å². The molecule has 2 aliphatic carbocycles. The Morgan fingerprint density at radius 2 is 1.58 bits per heavy atom. The van der Waals surface area contributed by atoms with Gasteiger partial charge in [0.05, 0.1) is 58.8 Å². The Morgan fingerprint density at radius 3 is 2.29 bits per heavy atom. The molecule has 4 amide bonds. The van der Waals surface area contributed by atoms with Crippen LogP contribution >= 0.6 is 34.8 Å². The number of methoxy groups -OCH3 is 2. The van der Waals surface area contributed by atoms with E-state index in [1.54, 1.807) is 72.8 Å². The highest BCUT2D eigenvalue weighted by Crippen LogP contribution is 2.65. The van der Waals surface area contributed by atoms with E-state index in [0.717, 1.165) is 5.01 Å². The summed E-state index contributed by atoms with van der Waals surface area (Å²) < 4.78 is 17.0. The van der Waals surface area contributed by atoms with Gasteiger partial charge in [0.15, 0.2) is 17.1 Å². The lowest BCUT2D eigenvalue weighted by molar-refractivity contribution is -0.138. The van der Waals surface area contributed by atoms with E-state index in [9.17, 15) is 14.7 Å². The topological polar surface area (TPSA) is 152 Å². The number of hydrogen-bond acceptors (Lipinski definition) is 10. The largest absolute Gasteiger partial charge is 0.503 e. The van der Waals surface area contributed by atoms with Gasteiger partial charge in [-0.3, -0.25) is 29.5 Å². The summed E-state index contributed by atoms with van der Waals surface area (Å²) in [5.74, 6) is -5.60. The summed E-state index contributed by atoms with van der Waals surface area (Å²) in [6, 6.07) is 29.1. The van der Waals surface area contributed by atoms with Crippen LogP contribution in [0.15, 0.2) is 119 Å². The highest BCUT2D eigenvalue weighted by molar-refractivity contribution is 6.36. The van der Waals surface area contributed by atoms with E-state index in [1.807, 2.05) is 30.3 Å². The first-order chi connectivity index (χ1) is 29.9. The number of oxazole rings is 1. The van der Waals surface area contributed by atoms with Crippen LogP contribution in [-0.4, -0.2) is 52.9 Å². The monoisotopic (exact) mass is 888 g/mol. The van der Waals surface area contributed by atoms with Crippen molar-refractivity contribution in [1.82, 2.24) is 9.99 Å². The summed E-state index contributed by atoms with van der Waals surface area (Å²) in [5.41, 5.74) is 5.62. The number of nitrogens with one attached hydrogen (secondary N) is 1. The van der Waals surface area contributed by atoms with E-state index < -0.39 is 52.7 Å². The Kier molecular flexibility index (Phi) is 9.58. The van der Waals surface area contributed by atoms with Crippen molar-refractivity contribution in [2.45, 2.75) is 24.2 Å². The molecule has 312 valence electrons. The standard InChI is InChI=1S/C47H35Cl3N4O8/c1-60-28-14-9-25(10-15-28)47-32(44(57)54(46(47)59)52-35-18-11-26(48)21-33(35)49)22-31-29(40(47)24-19-34(50)41(55)38(20-24)61-2)16-17-30-39(31)45(58)53(43(30)56)27-12-7-23(8-13-27)42-51-36-5-3-4-6-37(36)62-42/h3-16,18-21,30-32,39-40,52,55H,17,22H2,1-2H3/t30-,31+,32-,39-,40-,47+/m0/s1. The van der Waals surface area contributed by atoms with Gasteiger partial charge in [0, 0.05) is 16.5 Å². The lowest BCUT2D eigenvalue weighted by Crippen LogP contribution is -2.53. The summed E-state index contributed by atoms with van der Waals surface area (Å²) in [6.45, 7) is 0. The number of hydrogen-bond donors (Lipinski definition) is 2. The molecule has 6 aromatic rings. The number of ether oxygens (including phenoxy) is 2. The Morgan fingerprint density at radius 1 is 0.823 bits per heavy atom. The molecule has 2 saturated heterocycles. The van der Waals surface area contributed by atoms with Gasteiger partial charge < -0.3 is 19.0 Å². The number of rotatable bonds is 8. The van der Waals surface area contributed by atoms with Gasteiger partial charge in [-0.2, -0.15) is 5.01 Å². The molecule has 10 rings (SSSR count). The molecule has 5 aromatic carbocycles. The smallest absolute Gasteiger partial charge is 0.260 e. The number of halogens is 3. The molecule has 0 unspecified atom stereocenters. The molecule has 62 heavy (non-hydrogen) atoms. The van der Waals surface area contributed by atoms with E-state index in [-0.39, 0.29) is 46.0 Å². The van der Waals surface area contributed by atoms with Crippen LogP contribution in [-0.2, 0) is 24.6 Å². The average Bonchev–Trinajstić information content (AvgIpc) is 3.90. The zero-order valence-corrected chi connectivity index (χ0v) is 35.2. The average molecular weight is 890 g/mol. The number of imide groups is 2. The van der Waals surface area contributed by atoms with Crippen molar-refractivity contribution >= 4 is 80.9 Å². The number of para-hydroxylation sites is 2. The molecule has 4 aliphatic rings. The summed E-state index contributed by atoms with van der Waals surface area (Å²) in [7, 11) is 2.91. The quantitative estimate of drug-likeness (QED) is 0.112. The molecule has 15 heteroatoms. The predicted molar refractivity (Wildman–Crippen MR) is 232 cm³/mol. The molecule has 0 spiro atoms. The minimum Gasteiger partial charge on any atom is -0.503 e. The number of aromatic hydroxyl groups is 1. The molecular weight excluding hydrogens is 855 g/mol. The number of allylic oxidation sites excluding steroid dienone is 2. The van der Waals surface area contributed by atoms with Crippen molar-refractivity contribution in [2.75, 3.05) is 24.5 Å². The van der Waals surface area contributed by atoms with Crippen LogP contribution in [0.3, 0.4) is 0 Å². The molecule has 0 bridgehead atoms. The van der Waals surface area contributed by atoms with Crippen LogP contribution in [0.25, 0.3) is 22.6 Å². The van der Waals surface area contributed by atoms with Crippen molar-refractivity contribution in [3.05, 3.63) is 141 Å². The van der Waals surface area contributed by atoms with Crippen LogP contribution < -0.4 is 19.8 Å². The maximum atomic E-state index is 15.6. The SMILES string of the molecule is COc1ccc([C@@]23C(=O)N(Nc4ccc(Cl)cc4Cl)C(=O)[C@@H]2C[C@@H]2C(=CC[C@@H]4C(=O)N(c5ccc(-c6nc7ccccc7o6)cc5)C(=O)[C@@H]42)[C@@H]3c2cc(Cl)c(O)c(OC)c2)cc1. The first-order valence-corrected chi connectivity index (χ1v) is 20.9. The van der Waals surface area contributed by atoms with Gasteiger partial charge in [0.2, 0.25) is 17.7 Å². The first-order valence-electron chi connectivity index (χ1n) is 19.8. The third-order valence-electron chi connectivity index (χ3n) is 12.9. The number of aromatic nitrogens is 1. The van der Waals surface area contributed by atoms with Gasteiger partial charge in [-0.25, -0.2) is 4.98 Å². The Balaban J connectivity index is 1.10. The molecule has 1 saturated carbocycles. The molecular formula is C47H35Cl3N4O8. The van der Waals surface area contributed by atoms with Gasteiger partial charge in [-0.15, -0.1) is 0 Å². The highest BCUT2D eigenvalue weighted by Gasteiger charge is 2.70. The Bertz CT molecular complexity index is 2870. The van der Waals surface area contributed by atoms with Crippen LogP contribution in [0.1, 0.15) is 29.9 Å². The van der Waals surface area contributed by atoms with E-state index in [0.29, 0.717) is 55.7 Å². The number of phenolic OH excluding ortho intramolecular Hbond substituents is 1. The highest BCUT2D eigenvalue weighted by atomic mass is 35.5. The fourth-order valence-corrected chi connectivity index (χ4v) is 10.8. The van der Waals surface area contributed by atoms with E-state index in [1.165, 1.54) is 25.2 Å². The molecule has 12 nitrogen and oxygen atoms in total. The number of benzene rings is 5. The van der Waals surface area contributed by atoms with E-state index in [4.69, 9.17) is 48.7 Å². The van der Waals surface area contributed by atoms with Crippen molar-refractivity contribution in [2.24, 2.45) is 23.7 Å². The number of carbonyl (C=O) groups is 4. The Hall–Kier alpha value is -6.34. The lowest BCUT2D eigenvalue weighted by atomic mass is 9.49. The summed E-state index contributed by atoms with van der Waals surface area (Å²) >= 11 is 19.5. The Labute approximate surface area is 369 Å². The molecule has 2 aliphatic heterocycles. The second-order valence-electron chi connectivity index (χ2n) is 15.8. The number of fused-ring (bicyclic) bond motifs is 5. The van der Waals surface area contributed by atoms with Crippen molar-refractivity contribution in [1.29, 1.82) is 0 Å². The minimum atomic E-state index is -1.65. The van der Waals surface area contributed by atoms with Crippen LogP contribution in [0.2, 0.25) is 15.1 Å². The third kappa shape index (κ3) is 5.91. The molecule has 2 N–H and O–H groups in total. The van der Waals surface area contributed by atoms with E-state index >= 15 is 9.59 Å². The normalized spacial score (nSPS) is 24.2. The number of amides is 4. The maximum absolute atomic E-state index is 15.6. The molecule has 0 radical (unpaired) electrons. The number of carbonyl (C=O) groups excluding carboxylic acids is 4. The maximum Gasteiger partial charge on any atom is 0.260 e. The molecule has 6 atom stereocenters. The van der Waals surface area contributed by atoms with Gasteiger partial charge in [0.25, 0.3) is 11.8 Å². The van der Waals surface area contributed by atoms with Gasteiger partial charge in [-0.05, 0) is 109 Å². The second-order valence-corrected chi connectivity index (χ2v) is 17.1. The fourth-order valence-electron chi connectivity index (χ4n) is 10.1. The van der Waals surface area contributed by atoms with E-state index in [2.05, 4.69) is 10.4 Å².